The molecule has 0 atom stereocenters. The normalized spacial score (nSPS) is 17.5. The van der Waals surface area contributed by atoms with Gasteiger partial charge in [-0.25, -0.2) is 4.98 Å². The number of hydrogen-bond acceptors (Lipinski definition) is 3. The highest BCUT2D eigenvalue weighted by Crippen LogP contribution is 2.36. The predicted molar refractivity (Wildman–Crippen MR) is 74.7 cm³/mol. The van der Waals surface area contributed by atoms with Crippen LogP contribution in [0.3, 0.4) is 0 Å². The Bertz CT molecular complexity index is 340. The monoisotopic (exact) mass is 252 g/mol. The first kappa shape index (κ1) is 13.0. The highest BCUT2D eigenvalue weighted by Gasteiger charge is 2.20. The quantitative estimate of drug-likeness (QED) is 0.860. The summed E-state index contributed by atoms with van der Waals surface area (Å²) >= 11 is 1.96. The third-order valence-corrected chi connectivity index (χ3v) is 4.88. The van der Waals surface area contributed by atoms with Crippen molar-refractivity contribution in [3.05, 3.63) is 15.6 Å². The zero-order chi connectivity index (χ0) is 12.1. The Hall–Kier alpha value is -0.410. The molecule has 1 aromatic heterocycles. The van der Waals surface area contributed by atoms with E-state index in [1.807, 2.05) is 11.3 Å². The number of nitrogens with one attached hydrogen (secondary N) is 1. The van der Waals surface area contributed by atoms with Crippen LogP contribution in [-0.4, -0.2) is 11.5 Å². The van der Waals surface area contributed by atoms with Crippen LogP contribution in [0, 0.1) is 0 Å². The fourth-order valence-corrected chi connectivity index (χ4v) is 3.87. The van der Waals surface area contributed by atoms with Gasteiger partial charge in [0.2, 0.25) is 0 Å². The SMILES string of the molecule is CCNCc1sc(C2CCCCC2)nc1CC. The molecule has 0 amide bonds. The molecule has 0 spiro atoms. The van der Waals surface area contributed by atoms with Crippen molar-refractivity contribution in [1.82, 2.24) is 10.3 Å². The highest BCUT2D eigenvalue weighted by molar-refractivity contribution is 7.11. The van der Waals surface area contributed by atoms with Crippen LogP contribution in [0.4, 0.5) is 0 Å². The first-order valence-electron chi connectivity index (χ1n) is 7.04. The maximum absolute atomic E-state index is 4.88. The lowest BCUT2D eigenvalue weighted by atomic mass is 9.90. The zero-order valence-electron chi connectivity index (χ0n) is 11.1. The average Bonchev–Trinajstić information content (AvgIpc) is 2.80. The lowest BCUT2D eigenvalue weighted by molar-refractivity contribution is 0.442. The molecule has 0 saturated heterocycles. The molecule has 1 aliphatic carbocycles. The summed E-state index contributed by atoms with van der Waals surface area (Å²) in [5.41, 5.74) is 1.33. The van der Waals surface area contributed by atoms with Crippen LogP contribution in [0.1, 0.15) is 67.4 Å². The summed E-state index contributed by atoms with van der Waals surface area (Å²) < 4.78 is 0. The molecule has 17 heavy (non-hydrogen) atoms. The molecule has 0 bridgehead atoms. The number of rotatable bonds is 5. The molecule has 1 N–H and O–H groups in total. The molecular weight excluding hydrogens is 228 g/mol. The largest absolute Gasteiger partial charge is 0.312 e. The van der Waals surface area contributed by atoms with Crippen LogP contribution < -0.4 is 5.32 Å². The maximum Gasteiger partial charge on any atom is 0.0962 e. The Morgan fingerprint density at radius 3 is 2.65 bits per heavy atom. The Kier molecular flexibility index (Phi) is 4.99. The zero-order valence-corrected chi connectivity index (χ0v) is 11.9. The van der Waals surface area contributed by atoms with Gasteiger partial charge in [-0.05, 0) is 25.8 Å². The molecule has 1 aliphatic rings. The minimum atomic E-state index is 0.759. The number of aryl methyl sites for hydroxylation is 1. The first-order valence-corrected chi connectivity index (χ1v) is 7.86. The fraction of sp³-hybridized carbons (Fsp3) is 0.786. The fourth-order valence-electron chi connectivity index (χ4n) is 2.58. The van der Waals surface area contributed by atoms with Gasteiger partial charge in [-0.3, -0.25) is 0 Å². The molecule has 1 fully saturated rings. The van der Waals surface area contributed by atoms with Gasteiger partial charge in [-0.2, -0.15) is 0 Å². The molecule has 1 saturated carbocycles. The summed E-state index contributed by atoms with van der Waals surface area (Å²) in [6.45, 7) is 6.42. The van der Waals surface area contributed by atoms with E-state index in [1.165, 1.54) is 47.7 Å². The van der Waals surface area contributed by atoms with Crippen molar-refractivity contribution in [2.45, 2.75) is 64.8 Å². The van der Waals surface area contributed by atoms with Gasteiger partial charge in [0.05, 0.1) is 10.7 Å². The van der Waals surface area contributed by atoms with Crippen LogP contribution in [0.5, 0.6) is 0 Å². The van der Waals surface area contributed by atoms with Crippen LogP contribution in [0.25, 0.3) is 0 Å². The molecule has 2 rings (SSSR count). The van der Waals surface area contributed by atoms with E-state index < -0.39 is 0 Å². The van der Waals surface area contributed by atoms with Crippen molar-refractivity contribution >= 4 is 11.3 Å². The standard InChI is InChI=1S/C14H24N2S/c1-3-12-13(10-15-4-2)17-14(16-12)11-8-6-5-7-9-11/h11,15H,3-10H2,1-2H3. The highest BCUT2D eigenvalue weighted by atomic mass is 32.1. The van der Waals surface area contributed by atoms with Gasteiger partial charge < -0.3 is 5.32 Å². The third-order valence-electron chi connectivity index (χ3n) is 3.62. The van der Waals surface area contributed by atoms with Crippen LogP contribution in [0.15, 0.2) is 0 Å². The predicted octanol–water partition coefficient (Wildman–Crippen LogP) is 3.86. The summed E-state index contributed by atoms with van der Waals surface area (Å²) in [6, 6.07) is 0. The minimum Gasteiger partial charge on any atom is -0.312 e. The van der Waals surface area contributed by atoms with Crippen molar-refractivity contribution in [3.63, 3.8) is 0 Å². The van der Waals surface area contributed by atoms with E-state index in [4.69, 9.17) is 4.98 Å². The van der Waals surface area contributed by atoms with E-state index in [9.17, 15) is 0 Å². The van der Waals surface area contributed by atoms with E-state index >= 15 is 0 Å². The second kappa shape index (κ2) is 6.50. The minimum absolute atomic E-state index is 0.759. The smallest absolute Gasteiger partial charge is 0.0962 e. The van der Waals surface area contributed by atoms with E-state index in [2.05, 4.69) is 19.2 Å². The van der Waals surface area contributed by atoms with Crippen molar-refractivity contribution in [3.8, 4) is 0 Å². The van der Waals surface area contributed by atoms with E-state index in [1.54, 1.807) is 0 Å². The lowest BCUT2D eigenvalue weighted by Gasteiger charge is -2.18. The molecular formula is C14H24N2S. The Morgan fingerprint density at radius 2 is 2.00 bits per heavy atom. The molecule has 2 nitrogen and oxygen atoms in total. The Morgan fingerprint density at radius 1 is 1.24 bits per heavy atom. The second-order valence-corrected chi connectivity index (χ2v) is 6.01. The summed E-state index contributed by atoms with van der Waals surface area (Å²) in [4.78, 5) is 6.35. The summed E-state index contributed by atoms with van der Waals surface area (Å²) in [5, 5.41) is 4.84. The van der Waals surface area contributed by atoms with Gasteiger partial charge in [-0.15, -0.1) is 11.3 Å². The lowest BCUT2D eigenvalue weighted by Crippen LogP contribution is -2.11. The maximum atomic E-state index is 4.88. The van der Waals surface area contributed by atoms with Crippen LogP contribution in [0.2, 0.25) is 0 Å². The van der Waals surface area contributed by atoms with Gasteiger partial charge in [0.15, 0.2) is 0 Å². The molecule has 0 radical (unpaired) electrons. The van der Waals surface area contributed by atoms with Crippen molar-refractivity contribution in [2.24, 2.45) is 0 Å². The number of hydrogen-bond donors (Lipinski definition) is 1. The molecule has 1 heterocycles. The molecule has 1 aromatic rings. The van der Waals surface area contributed by atoms with Crippen molar-refractivity contribution < 1.29 is 0 Å². The first-order chi connectivity index (χ1) is 8.35. The topological polar surface area (TPSA) is 24.9 Å². The van der Waals surface area contributed by atoms with Gasteiger partial charge in [-0.1, -0.05) is 33.1 Å². The molecule has 3 heteroatoms. The van der Waals surface area contributed by atoms with E-state index in [-0.39, 0.29) is 0 Å². The molecule has 0 unspecified atom stereocenters. The second-order valence-electron chi connectivity index (χ2n) is 4.89. The number of aromatic nitrogens is 1. The van der Waals surface area contributed by atoms with Crippen molar-refractivity contribution in [1.29, 1.82) is 0 Å². The summed E-state index contributed by atoms with van der Waals surface area (Å²) in [7, 11) is 0. The average molecular weight is 252 g/mol. The molecule has 0 aromatic carbocycles. The van der Waals surface area contributed by atoms with Crippen molar-refractivity contribution in [2.75, 3.05) is 6.54 Å². The third kappa shape index (κ3) is 3.29. The van der Waals surface area contributed by atoms with Gasteiger partial charge >= 0.3 is 0 Å². The van der Waals surface area contributed by atoms with E-state index in [0.717, 1.165) is 25.4 Å². The Labute approximate surface area is 109 Å². The molecule has 96 valence electrons. The molecule has 0 aliphatic heterocycles. The summed E-state index contributed by atoms with van der Waals surface area (Å²) in [5.74, 6) is 0.759. The van der Waals surface area contributed by atoms with Crippen LogP contribution >= 0.6 is 11.3 Å². The summed E-state index contributed by atoms with van der Waals surface area (Å²) in [6.07, 6.45) is 8.01. The van der Waals surface area contributed by atoms with Gasteiger partial charge in [0, 0.05) is 17.3 Å². The van der Waals surface area contributed by atoms with Gasteiger partial charge in [0.25, 0.3) is 0 Å². The van der Waals surface area contributed by atoms with Gasteiger partial charge in [0.1, 0.15) is 0 Å². The Balaban J connectivity index is 2.08. The van der Waals surface area contributed by atoms with E-state index in [0.29, 0.717) is 0 Å². The van der Waals surface area contributed by atoms with Crippen LogP contribution in [-0.2, 0) is 13.0 Å². The number of thiazole rings is 1. The number of nitrogens with zero attached hydrogens (tertiary/aromatic N) is 1.